The van der Waals surface area contributed by atoms with Crippen molar-refractivity contribution >= 4 is 17.9 Å². The number of unbranched alkanes of at least 4 members (excludes halogenated alkanes) is 38. The van der Waals surface area contributed by atoms with Crippen LogP contribution in [-0.4, -0.2) is 37.2 Å². The molecule has 0 aromatic carbocycles. The second kappa shape index (κ2) is 51.8. The van der Waals surface area contributed by atoms with Crippen LogP contribution in [0.15, 0.2) is 12.2 Å². The molecular formula is C56H106O6. The molecule has 0 saturated carbocycles. The number of hydrogen-bond donors (Lipinski definition) is 0. The maximum atomic E-state index is 12.8. The highest BCUT2D eigenvalue weighted by atomic mass is 16.6. The van der Waals surface area contributed by atoms with E-state index in [1.165, 1.54) is 205 Å². The highest BCUT2D eigenvalue weighted by Crippen LogP contribution is 2.17. The van der Waals surface area contributed by atoms with Gasteiger partial charge in [-0.05, 0) is 44.9 Å². The van der Waals surface area contributed by atoms with E-state index in [9.17, 15) is 14.4 Å². The number of rotatable bonds is 51. The number of esters is 3. The first-order chi connectivity index (χ1) is 30.5. The monoisotopic (exact) mass is 875 g/mol. The van der Waals surface area contributed by atoms with Gasteiger partial charge in [0.2, 0.25) is 0 Å². The zero-order valence-electron chi connectivity index (χ0n) is 41.9. The van der Waals surface area contributed by atoms with Gasteiger partial charge in [-0.1, -0.05) is 258 Å². The summed E-state index contributed by atoms with van der Waals surface area (Å²) in [7, 11) is 0. The molecule has 1 atom stereocenters. The van der Waals surface area contributed by atoms with Crippen LogP contribution in [0.2, 0.25) is 0 Å². The zero-order chi connectivity index (χ0) is 45.1. The Kier molecular flexibility index (Phi) is 50.2. The smallest absolute Gasteiger partial charge is 0.306 e. The number of ether oxygens (including phenoxy) is 3. The lowest BCUT2D eigenvalue weighted by atomic mass is 10.0. The van der Waals surface area contributed by atoms with Gasteiger partial charge in [0.05, 0.1) is 0 Å². The van der Waals surface area contributed by atoms with E-state index in [1.807, 2.05) is 0 Å². The minimum absolute atomic E-state index is 0.0667. The fourth-order valence-electron chi connectivity index (χ4n) is 8.32. The first kappa shape index (κ1) is 60.2. The molecule has 0 aliphatic rings. The lowest BCUT2D eigenvalue weighted by Gasteiger charge is -2.18. The van der Waals surface area contributed by atoms with Gasteiger partial charge in [0.15, 0.2) is 6.10 Å². The molecule has 0 aliphatic heterocycles. The SMILES string of the molecule is CCCCCC/C=C/CCCCCCCC(=O)OC[C@H](COC(=O)CCCCCCCCCCCCCCCCCCC)OC(=O)CCCCCCCCCCCCCCCC. The lowest BCUT2D eigenvalue weighted by Crippen LogP contribution is -2.30. The van der Waals surface area contributed by atoms with Crippen LogP contribution in [0.4, 0.5) is 0 Å². The van der Waals surface area contributed by atoms with Crippen LogP contribution in [0, 0.1) is 0 Å². The normalized spacial score (nSPS) is 12.0. The van der Waals surface area contributed by atoms with Crippen molar-refractivity contribution in [2.45, 2.75) is 316 Å². The summed E-state index contributed by atoms with van der Waals surface area (Å²) in [5, 5.41) is 0. The van der Waals surface area contributed by atoms with Gasteiger partial charge < -0.3 is 14.2 Å². The second-order valence-electron chi connectivity index (χ2n) is 18.9. The molecule has 0 spiro atoms. The van der Waals surface area contributed by atoms with E-state index in [2.05, 4.69) is 32.9 Å². The molecule has 0 bridgehead atoms. The third-order valence-electron chi connectivity index (χ3n) is 12.5. The highest BCUT2D eigenvalue weighted by molar-refractivity contribution is 5.71. The summed E-state index contributed by atoms with van der Waals surface area (Å²) < 4.78 is 16.8. The van der Waals surface area contributed by atoms with Crippen molar-refractivity contribution in [1.29, 1.82) is 0 Å². The quantitative estimate of drug-likeness (QED) is 0.0262. The van der Waals surface area contributed by atoms with E-state index in [4.69, 9.17) is 14.2 Å². The van der Waals surface area contributed by atoms with Crippen molar-refractivity contribution in [3.63, 3.8) is 0 Å². The average Bonchev–Trinajstić information content (AvgIpc) is 3.27. The van der Waals surface area contributed by atoms with Crippen LogP contribution in [0.3, 0.4) is 0 Å². The molecule has 0 fully saturated rings. The van der Waals surface area contributed by atoms with Gasteiger partial charge in [-0.3, -0.25) is 14.4 Å². The number of allylic oxidation sites excluding steroid dienone is 2. The summed E-state index contributed by atoms with van der Waals surface area (Å²) in [5.41, 5.74) is 0. The number of hydrogen-bond acceptors (Lipinski definition) is 6. The fourth-order valence-corrected chi connectivity index (χ4v) is 8.32. The van der Waals surface area contributed by atoms with Crippen LogP contribution in [0.5, 0.6) is 0 Å². The van der Waals surface area contributed by atoms with Gasteiger partial charge in [0.1, 0.15) is 13.2 Å². The summed E-state index contributed by atoms with van der Waals surface area (Å²) in [6.07, 6.45) is 57.6. The molecule has 0 aromatic heterocycles. The van der Waals surface area contributed by atoms with Crippen LogP contribution in [0.25, 0.3) is 0 Å². The maximum absolute atomic E-state index is 12.8. The van der Waals surface area contributed by atoms with Gasteiger partial charge in [-0.2, -0.15) is 0 Å². The summed E-state index contributed by atoms with van der Waals surface area (Å²) in [6.45, 7) is 6.67. The molecule has 0 unspecified atom stereocenters. The van der Waals surface area contributed by atoms with Gasteiger partial charge in [-0.25, -0.2) is 0 Å². The summed E-state index contributed by atoms with van der Waals surface area (Å²) in [6, 6.07) is 0. The molecule has 0 radical (unpaired) electrons. The van der Waals surface area contributed by atoms with Crippen molar-refractivity contribution in [3.8, 4) is 0 Å². The standard InChI is InChI=1S/C56H106O6/c1-4-7-10-13-16-19-22-25-27-28-29-32-34-37-40-43-46-49-55(58)61-52-53(51-60-54(57)48-45-42-39-36-33-30-24-21-18-15-12-9-6-3)62-56(59)50-47-44-41-38-35-31-26-23-20-17-14-11-8-5-2/h21,24,53H,4-20,22-23,25-52H2,1-3H3/b24-21+/t53-/m1/s1. The third-order valence-corrected chi connectivity index (χ3v) is 12.5. The Morgan fingerprint density at radius 3 is 0.823 bits per heavy atom. The molecule has 0 aromatic rings. The van der Waals surface area contributed by atoms with Crippen molar-refractivity contribution < 1.29 is 28.6 Å². The molecule has 0 amide bonds. The largest absolute Gasteiger partial charge is 0.462 e. The van der Waals surface area contributed by atoms with Gasteiger partial charge in [0, 0.05) is 19.3 Å². The topological polar surface area (TPSA) is 78.9 Å². The number of carbonyl (C=O) groups excluding carboxylic acids is 3. The number of carbonyl (C=O) groups is 3. The molecule has 0 rings (SSSR count). The summed E-state index contributed by atoms with van der Waals surface area (Å²) in [5.74, 6) is -0.854. The van der Waals surface area contributed by atoms with Gasteiger partial charge >= 0.3 is 17.9 Å². The van der Waals surface area contributed by atoms with E-state index >= 15 is 0 Å². The van der Waals surface area contributed by atoms with Gasteiger partial charge in [-0.15, -0.1) is 0 Å². The zero-order valence-corrected chi connectivity index (χ0v) is 41.9. The molecule has 0 N–H and O–H groups in total. The Hall–Kier alpha value is -1.85. The minimum atomic E-state index is -0.766. The van der Waals surface area contributed by atoms with Crippen LogP contribution in [0.1, 0.15) is 310 Å². The molecule has 62 heavy (non-hydrogen) atoms. The Morgan fingerprint density at radius 2 is 0.532 bits per heavy atom. The molecular weight excluding hydrogens is 769 g/mol. The summed E-state index contributed by atoms with van der Waals surface area (Å²) in [4.78, 5) is 38.0. The van der Waals surface area contributed by atoms with E-state index in [0.29, 0.717) is 19.3 Å². The first-order valence-electron chi connectivity index (χ1n) is 27.7. The average molecular weight is 875 g/mol. The predicted molar refractivity (Wildman–Crippen MR) is 266 cm³/mol. The van der Waals surface area contributed by atoms with Gasteiger partial charge in [0.25, 0.3) is 0 Å². The Bertz CT molecular complexity index is 962. The Balaban J connectivity index is 4.31. The van der Waals surface area contributed by atoms with E-state index in [-0.39, 0.29) is 31.1 Å². The highest BCUT2D eigenvalue weighted by Gasteiger charge is 2.19. The third kappa shape index (κ3) is 49.2. The minimum Gasteiger partial charge on any atom is -0.462 e. The van der Waals surface area contributed by atoms with Crippen LogP contribution >= 0.6 is 0 Å². The molecule has 366 valence electrons. The molecule has 0 aliphatic carbocycles. The van der Waals surface area contributed by atoms with Crippen molar-refractivity contribution in [1.82, 2.24) is 0 Å². The van der Waals surface area contributed by atoms with Crippen molar-refractivity contribution in [2.24, 2.45) is 0 Å². The molecule has 0 heterocycles. The molecule has 0 saturated heterocycles. The molecule has 6 heteroatoms. The fraction of sp³-hybridized carbons (Fsp3) is 0.911. The van der Waals surface area contributed by atoms with Crippen LogP contribution in [-0.2, 0) is 28.6 Å². The second-order valence-corrected chi connectivity index (χ2v) is 18.9. The van der Waals surface area contributed by atoms with E-state index in [1.54, 1.807) is 0 Å². The maximum Gasteiger partial charge on any atom is 0.306 e. The van der Waals surface area contributed by atoms with Crippen molar-refractivity contribution in [3.05, 3.63) is 12.2 Å². The Morgan fingerprint density at radius 1 is 0.306 bits per heavy atom. The van der Waals surface area contributed by atoms with Crippen molar-refractivity contribution in [2.75, 3.05) is 13.2 Å². The van der Waals surface area contributed by atoms with E-state index in [0.717, 1.165) is 64.2 Å². The Labute approximate surface area is 386 Å². The predicted octanol–water partition coefficient (Wildman–Crippen LogP) is 18.2. The lowest BCUT2D eigenvalue weighted by molar-refractivity contribution is -0.167. The van der Waals surface area contributed by atoms with E-state index < -0.39 is 6.10 Å². The van der Waals surface area contributed by atoms with Crippen LogP contribution < -0.4 is 0 Å². The summed E-state index contributed by atoms with van der Waals surface area (Å²) >= 11 is 0. The molecule has 6 nitrogen and oxygen atoms in total. The first-order valence-corrected chi connectivity index (χ1v) is 27.7.